The molecular weight excluding hydrogens is 552 g/mol. The Morgan fingerprint density at radius 1 is 1.10 bits per heavy atom. The van der Waals surface area contributed by atoms with E-state index in [-0.39, 0.29) is 53.2 Å². The van der Waals surface area contributed by atoms with Crippen LogP contribution in [0.4, 0.5) is 21.0 Å². The standard InChI is InChI=1S/C29H27ClN4O7/c1-4-9-22-23(12-8-13-24(22)33-28(37)40-16-5-2)26(36)41-34(29(38)39-6-3)21-11-7-10-19(17-21)25(35)18-20-14-15-31-27(30)32-20/h4-5,7-15,17H,2,6,16,18H2,1,3H3,(H,33,37). The molecule has 3 aromatic rings. The average molecular weight is 579 g/mol. The number of benzene rings is 2. The number of amides is 2. The molecule has 12 heteroatoms. The summed E-state index contributed by atoms with van der Waals surface area (Å²) in [6.45, 7) is 6.80. The van der Waals surface area contributed by atoms with Crippen molar-refractivity contribution in [2.24, 2.45) is 0 Å². The number of Topliss-reactive ketones (excluding diaryl/α,β-unsaturated/α-hetero) is 1. The summed E-state index contributed by atoms with van der Waals surface area (Å²) in [6, 6.07) is 12.1. The van der Waals surface area contributed by atoms with Gasteiger partial charge in [-0.3, -0.25) is 10.1 Å². The zero-order valence-electron chi connectivity index (χ0n) is 22.3. The monoisotopic (exact) mass is 578 g/mol. The van der Waals surface area contributed by atoms with Gasteiger partial charge in [0.1, 0.15) is 6.61 Å². The van der Waals surface area contributed by atoms with Crippen molar-refractivity contribution < 1.29 is 33.5 Å². The van der Waals surface area contributed by atoms with E-state index in [4.69, 9.17) is 25.9 Å². The number of rotatable bonds is 10. The fraction of sp³-hybridized carbons (Fsp3) is 0.172. The highest BCUT2D eigenvalue weighted by molar-refractivity contribution is 6.28. The van der Waals surface area contributed by atoms with E-state index in [0.29, 0.717) is 16.3 Å². The number of hydrogen-bond donors (Lipinski definition) is 1. The van der Waals surface area contributed by atoms with Gasteiger partial charge in [0, 0.05) is 17.3 Å². The third-order valence-electron chi connectivity index (χ3n) is 5.26. The second kappa shape index (κ2) is 14.9. The van der Waals surface area contributed by atoms with Crippen LogP contribution in [0.15, 0.2) is 73.5 Å². The van der Waals surface area contributed by atoms with Crippen LogP contribution < -0.4 is 10.4 Å². The molecule has 2 amide bonds. The molecule has 0 atom stereocenters. The molecule has 0 unspecified atom stereocenters. The van der Waals surface area contributed by atoms with Crippen molar-refractivity contribution in [2.45, 2.75) is 20.3 Å². The van der Waals surface area contributed by atoms with Gasteiger partial charge >= 0.3 is 18.2 Å². The maximum absolute atomic E-state index is 13.4. The number of aromatic nitrogens is 2. The smallest absolute Gasteiger partial charge is 0.447 e. The lowest BCUT2D eigenvalue weighted by Gasteiger charge is -2.21. The number of hydroxylamine groups is 1. The molecule has 0 spiro atoms. The molecule has 3 rings (SSSR count). The molecule has 1 heterocycles. The largest absolute Gasteiger partial charge is 0.448 e. The molecule has 0 saturated heterocycles. The predicted molar refractivity (Wildman–Crippen MR) is 153 cm³/mol. The Morgan fingerprint density at radius 3 is 2.59 bits per heavy atom. The molecule has 212 valence electrons. The Morgan fingerprint density at radius 2 is 1.88 bits per heavy atom. The number of allylic oxidation sites excluding steroid dienone is 1. The highest BCUT2D eigenvalue weighted by Crippen LogP contribution is 2.26. The van der Waals surface area contributed by atoms with Crippen molar-refractivity contribution in [3.05, 3.63) is 101 Å². The van der Waals surface area contributed by atoms with Gasteiger partial charge in [-0.1, -0.05) is 43.0 Å². The minimum Gasteiger partial charge on any atom is -0.447 e. The summed E-state index contributed by atoms with van der Waals surface area (Å²) in [5, 5.41) is 3.23. The van der Waals surface area contributed by atoms with Crippen LogP contribution in [0.5, 0.6) is 0 Å². The van der Waals surface area contributed by atoms with E-state index in [1.165, 1.54) is 42.6 Å². The van der Waals surface area contributed by atoms with Gasteiger partial charge in [0.25, 0.3) is 0 Å². The van der Waals surface area contributed by atoms with Gasteiger partial charge in [-0.25, -0.2) is 24.4 Å². The van der Waals surface area contributed by atoms with Gasteiger partial charge in [-0.2, -0.15) is 0 Å². The minimum absolute atomic E-state index is 0.00394. The number of ether oxygens (including phenoxy) is 2. The first-order valence-electron chi connectivity index (χ1n) is 12.4. The van der Waals surface area contributed by atoms with Crippen LogP contribution in [0, 0.1) is 0 Å². The highest BCUT2D eigenvalue weighted by Gasteiger charge is 2.26. The van der Waals surface area contributed by atoms with Gasteiger partial charge in [-0.05, 0) is 55.8 Å². The van der Waals surface area contributed by atoms with Crippen molar-refractivity contribution in [1.29, 1.82) is 0 Å². The third kappa shape index (κ3) is 8.48. The van der Waals surface area contributed by atoms with E-state index in [2.05, 4.69) is 21.9 Å². The van der Waals surface area contributed by atoms with Gasteiger partial charge in [0.05, 0.1) is 35.7 Å². The maximum Gasteiger partial charge on any atom is 0.448 e. The normalized spacial score (nSPS) is 10.5. The van der Waals surface area contributed by atoms with Crippen molar-refractivity contribution in [3.63, 3.8) is 0 Å². The van der Waals surface area contributed by atoms with Crippen molar-refractivity contribution in [3.8, 4) is 0 Å². The first-order valence-corrected chi connectivity index (χ1v) is 12.7. The molecule has 0 bridgehead atoms. The van der Waals surface area contributed by atoms with Gasteiger partial charge in [-0.15, -0.1) is 5.06 Å². The van der Waals surface area contributed by atoms with E-state index in [1.54, 1.807) is 44.2 Å². The summed E-state index contributed by atoms with van der Waals surface area (Å²) in [7, 11) is 0. The summed E-state index contributed by atoms with van der Waals surface area (Å²) in [5.41, 5.74) is 1.32. The molecule has 1 N–H and O–H groups in total. The lowest BCUT2D eigenvalue weighted by atomic mass is 10.0. The Labute approximate surface area is 241 Å². The average Bonchev–Trinajstić information content (AvgIpc) is 2.95. The molecule has 0 aliphatic rings. The minimum atomic E-state index is -0.983. The molecule has 0 aliphatic heterocycles. The molecule has 41 heavy (non-hydrogen) atoms. The van der Waals surface area contributed by atoms with E-state index >= 15 is 0 Å². The van der Waals surface area contributed by atoms with Crippen molar-refractivity contribution >= 4 is 53.0 Å². The van der Waals surface area contributed by atoms with Crippen LogP contribution in [-0.4, -0.2) is 47.1 Å². The van der Waals surface area contributed by atoms with E-state index in [9.17, 15) is 19.2 Å². The van der Waals surface area contributed by atoms with E-state index in [0.717, 1.165) is 0 Å². The van der Waals surface area contributed by atoms with Crippen molar-refractivity contribution in [1.82, 2.24) is 9.97 Å². The first kappa shape index (κ1) is 30.5. The number of carbonyl (C=O) groups excluding carboxylic acids is 4. The number of ketones is 1. The Bertz CT molecular complexity index is 1480. The zero-order chi connectivity index (χ0) is 29.8. The van der Waals surface area contributed by atoms with Crippen LogP contribution in [0.3, 0.4) is 0 Å². The second-order valence-electron chi connectivity index (χ2n) is 8.12. The van der Waals surface area contributed by atoms with E-state index < -0.39 is 18.2 Å². The molecule has 11 nitrogen and oxygen atoms in total. The molecule has 0 saturated carbocycles. The zero-order valence-corrected chi connectivity index (χ0v) is 23.1. The summed E-state index contributed by atoms with van der Waals surface area (Å²) in [6.07, 6.45) is 4.29. The molecule has 1 aromatic heterocycles. The van der Waals surface area contributed by atoms with E-state index in [1.807, 2.05) is 0 Å². The molecule has 0 radical (unpaired) electrons. The summed E-state index contributed by atoms with van der Waals surface area (Å²) >= 11 is 5.82. The molecule has 0 aliphatic carbocycles. The fourth-order valence-corrected chi connectivity index (χ4v) is 3.69. The number of halogens is 1. The number of carbonyl (C=O) groups is 4. The Hall–Kier alpha value is -5.03. The third-order valence-corrected chi connectivity index (χ3v) is 5.45. The molecule has 0 fully saturated rings. The Kier molecular flexibility index (Phi) is 11.1. The Balaban J connectivity index is 1.91. The molecule has 2 aromatic carbocycles. The SMILES string of the molecule is C=CCOC(=O)Nc1cccc(C(=O)ON(C(=O)OCC)c2cccc(C(=O)Cc3ccnc(Cl)n3)c2)c1C=CC. The second-order valence-corrected chi connectivity index (χ2v) is 8.46. The number of anilines is 2. The number of nitrogens with one attached hydrogen (secondary N) is 1. The topological polar surface area (TPSA) is 137 Å². The fourth-order valence-electron chi connectivity index (χ4n) is 3.53. The summed E-state index contributed by atoms with van der Waals surface area (Å²) in [4.78, 5) is 64.6. The van der Waals surface area contributed by atoms with Gasteiger partial charge in [0.2, 0.25) is 5.28 Å². The van der Waals surface area contributed by atoms with Crippen LogP contribution in [0.2, 0.25) is 5.28 Å². The van der Waals surface area contributed by atoms with Gasteiger partial charge < -0.3 is 14.3 Å². The van der Waals surface area contributed by atoms with Crippen LogP contribution in [0.1, 0.15) is 45.8 Å². The van der Waals surface area contributed by atoms with Crippen LogP contribution in [0.25, 0.3) is 6.08 Å². The number of nitrogens with zero attached hydrogens (tertiary/aromatic N) is 3. The predicted octanol–water partition coefficient (Wildman–Crippen LogP) is 6.06. The maximum atomic E-state index is 13.4. The lowest BCUT2D eigenvalue weighted by Crippen LogP contribution is -2.34. The highest BCUT2D eigenvalue weighted by atomic mass is 35.5. The summed E-state index contributed by atoms with van der Waals surface area (Å²) < 4.78 is 10.1. The van der Waals surface area contributed by atoms with Crippen LogP contribution >= 0.6 is 11.6 Å². The summed E-state index contributed by atoms with van der Waals surface area (Å²) in [5.74, 6) is -1.25. The van der Waals surface area contributed by atoms with Gasteiger partial charge in [0.15, 0.2) is 5.78 Å². The van der Waals surface area contributed by atoms with Crippen LogP contribution in [-0.2, 0) is 20.7 Å². The first-order chi connectivity index (χ1) is 19.8. The van der Waals surface area contributed by atoms with Crippen molar-refractivity contribution in [2.75, 3.05) is 23.6 Å². The number of hydrogen-bond acceptors (Lipinski definition) is 9. The lowest BCUT2D eigenvalue weighted by molar-refractivity contribution is 0.0414. The molecular formula is C29H27ClN4O7. The quantitative estimate of drug-likeness (QED) is 0.132.